The second-order valence-corrected chi connectivity index (χ2v) is 6.74. The summed E-state index contributed by atoms with van der Waals surface area (Å²) in [4.78, 5) is 54.3. The van der Waals surface area contributed by atoms with Crippen LogP contribution in [0.15, 0.2) is 48.5 Å². The third kappa shape index (κ3) is 1.81. The van der Waals surface area contributed by atoms with Crippen LogP contribution in [0.5, 0.6) is 0 Å². The molecule has 2 atom stereocenters. The molecule has 2 aromatic rings. The van der Waals surface area contributed by atoms with E-state index >= 15 is 0 Å². The molecule has 2 unspecified atom stereocenters. The maximum atomic E-state index is 13.2. The molecule has 6 heteroatoms. The summed E-state index contributed by atoms with van der Waals surface area (Å²) in [5, 5.41) is 0. The number of benzene rings is 2. The van der Waals surface area contributed by atoms with Crippen LogP contribution in [0.25, 0.3) is 0 Å². The zero-order chi connectivity index (χ0) is 18.0. The van der Waals surface area contributed by atoms with E-state index in [2.05, 4.69) is 0 Å². The predicted octanol–water partition coefficient (Wildman–Crippen LogP) is 1.98. The second kappa shape index (κ2) is 5.11. The fraction of sp³-hybridized carbons (Fsp3) is 0.200. The Morgan fingerprint density at radius 2 is 1.00 bits per heavy atom. The molecule has 3 aliphatic heterocycles. The summed E-state index contributed by atoms with van der Waals surface area (Å²) in [6.07, 6.45) is -0.0815. The number of nitrogens with zero attached hydrogens (tertiary/aromatic N) is 2. The van der Waals surface area contributed by atoms with E-state index in [1.807, 2.05) is 0 Å². The number of Topliss-reactive ketones (excluding diaryl/α,β-unsaturated/α-hetero) is 2. The van der Waals surface area contributed by atoms with Crippen LogP contribution in [-0.4, -0.2) is 35.5 Å². The van der Waals surface area contributed by atoms with Gasteiger partial charge in [-0.1, -0.05) is 24.3 Å². The molecule has 3 heterocycles. The first-order valence-corrected chi connectivity index (χ1v) is 8.48. The fourth-order valence-corrected chi connectivity index (χ4v) is 4.19. The molecule has 0 bridgehead atoms. The van der Waals surface area contributed by atoms with Gasteiger partial charge in [-0.15, -0.1) is 0 Å². The van der Waals surface area contributed by atoms with E-state index in [4.69, 9.17) is 0 Å². The summed E-state index contributed by atoms with van der Waals surface area (Å²) in [6.45, 7) is 0. The lowest BCUT2D eigenvalue weighted by atomic mass is 9.85. The topological polar surface area (TPSA) is 74.8 Å². The van der Waals surface area contributed by atoms with Crippen molar-refractivity contribution in [2.45, 2.75) is 24.9 Å². The summed E-state index contributed by atoms with van der Waals surface area (Å²) in [7, 11) is 0. The lowest BCUT2D eigenvalue weighted by Gasteiger charge is -2.48. The smallest absolute Gasteiger partial charge is 0.251 e. The van der Waals surface area contributed by atoms with Crippen LogP contribution < -0.4 is 9.80 Å². The molecule has 2 amide bonds. The summed E-state index contributed by atoms with van der Waals surface area (Å²) in [5.74, 6) is -0.916. The minimum atomic E-state index is -0.859. The van der Waals surface area contributed by atoms with Crippen LogP contribution in [0.3, 0.4) is 0 Å². The van der Waals surface area contributed by atoms with Crippen molar-refractivity contribution in [1.82, 2.24) is 0 Å². The Hall–Kier alpha value is -3.28. The number of rotatable bonds is 0. The van der Waals surface area contributed by atoms with Gasteiger partial charge in [0, 0.05) is 24.0 Å². The number of fused-ring (bicyclic) bond motifs is 6. The highest BCUT2D eigenvalue weighted by molar-refractivity contribution is 6.25. The van der Waals surface area contributed by atoms with E-state index in [0.29, 0.717) is 22.5 Å². The van der Waals surface area contributed by atoms with Gasteiger partial charge in [0.2, 0.25) is 0 Å². The largest absolute Gasteiger partial charge is 0.297 e. The fourth-order valence-electron chi connectivity index (χ4n) is 4.19. The predicted molar refractivity (Wildman–Crippen MR) is 93.3 cm³/mol. The number of hydrogen-bond acceptors (Lipinski definition) is 4. The first-order valence-electron chi connectivity index (χ1n) is 8.48. The summed E-state index contributed by atoms with van der Waals surface area (Å²) in [6, 6.07) is 11.9. The van der Waals surface area contributed by atoms with Gasteiger partial charge in [0.15, 0.2) is 11.6 Å². The van der Waals surface area contributed by atoms with Gasteiger partial charge in [-0.25, -0.2) is 0 Å². The molecule has 1 fully saturated rings. The molecule has 26 heavy (non-hydrogen) atoms. The molecule has 6 nitrogen and oxygen atoms in total. The number of carbonyl (C=O) groups excluding carboxylic acids is 4. The Morgan fingerprint density at radius 1 is 0.615 bits per heavy atom. The second-order valence-electron chi connectivity index (χ2n) is 6.74. The maximum Gasteiger partial charge on any atom is 0.251 e. The van der Waals surface area contributed by atoms with Gasteiger partial charge >= 0.3 is 0 Å². The molecule has 0 radical (unpaired) electrons. The Labute approximate surface area is 149 Å². The molecule has 0 N–H and O–H groups in total. The van der Waals surface area contributed by atoms with Crippen molar-refractivity contribution in [3.63, 3.8) is 0 Å². The lowest BCUT2D eigenvalue weighted by Crippen LogP contribution is -2.68. The van der Waals surface area contributed by atoms with Crippen molar-refractivity contribution >= 4 is 34.8 Å². The molecule has 5 rings (SSSR count). The zero-order valence-corrected chi connectivity index (χ0v) is 13.7. The van der Waals surface area contributed by atoms with E-state index in [1.165, 1.54) is 9.80 Å². The minimum absolute atomic E-state index is 0.0408. The summed E-state index contributed by atoms with van der Waals surface area (Å²) in [5.41, 5.74) is 1.80. The standard InChI is InChI=1S/C20H14N2O4/c23-17-9-15-20(26)22-14-8-4-2-6-12(14)18(24)10-16(22)19(25)21(15)13-7-3-1-5-11(13)17/h1-8,15-16H,9-10H2. The first-order chi connectivity index (χ1) is 12.6. The molecule has 0 saturated carbocycles. The summed E-state index contributed by atoms with van der Waals surface area (Å²) >= 11 is 0. The quantitative estimate of drug-likeness (QED) is 0.731. The van der Waals surface area contributed by atoms with E-state index in [1.54, 1.807) is 48.5 Å². The molecular formula is C20H14N2O4. The molecule has 2 aromatic carbocycles. The third-order valence-corrected chi connectivity index (χ3v) is 5.35. The Bertz CT molecular complexity index is 931. The van der Waals surface area contributed by atoms with Gasteiger partial charge in [0.1, 0.15) is 12.1 Å². The van der Waals surface area contributed by atoms with Gasteiger partial charge in [0.25, 0.3) is 11.8 Å². The van der Waals surface area contributed by atoms with E-state index in [9.17, 15) is 19.2 Å². The lowest BCUT2D eigenvalue weighted by molar-refractivity contribution is -0.131. The molecule has 0 aromatic heterocycles. The Kier molecular flexibility index (Phi) is 2.95. The molecule has 3 aliphatic rings. The van der Waals surface area contributed by atoms with Gasteiger partial charge in [0.05, 0.1) is 11.4 Å². The van der Waals surface area contributed by atoms with Crippen molar-refractivity contribution in [3.8, 4) is 0 Å². The SMILES string of the molecule is O=C1CC2C(=O)N3c4ccccc4C(=O)CC3C(=O)N2c2ccccc21. The monoisotopic (exact) mass is 346 g/mol. The highest BCUT2D eigenvalue weighted by Crippen LogP contribution is 2.40. The number of amides is 2. The van der Waals surface area contributed by atoms with Crippen molar-refractivity contribution in [2.24, 2.45) is 0 Å². The van der Waals surface area contributed by atoms with Gasteiger partial charge in [-0.2, -0.15) is 0 Å². The van der Waals surface area contributed by atoms with Crippen LogP contribution >= 0.6 is 0 Å². The van der Waals surface area contributed by atoms with E-state index in [-0.39, 0.29) is 36.2 Å². The third-order valence-electron chi connectivity index (χ3n) is 5.35. The molecule has 1 saturated heterocycles. The van der Waals surface area contributed by atoms with Gasteiger partial charge < -0.3 is 0 Å². The Morgan fingerprint density at radius 3 is 1.42 bits per heavy atom. The van der Waals surface area contributed by atoms with Gasteiger partial charge in [-0.05, 0) is 24.3 Å². The molecule has 0 aliphatic carbocycles. The van der Waals surface area contributed by atoms with Crippen LogP contribution in [0.1, 0.15) is 33.6 Å². The number of carbonyl (C=O) groups is 4. The normalized spacial score (nSPS) is 24.0. The highest BCUT2D eigenvalue weighted by Gasteiger charge is 2.53. The van der Waals surface area contributed by atoms with Crippen molar-refractivity contribution in [1.29, 1.82) is 0 Å². The van der Waals surface area contributed by atoms with Crippen LogP contribution in [-0.2, 0) is 9.59 Å². The minimum Gasteiger partial charge on any atom is -0.297 e. The highest BCUT2D eigenvalue weighted by atomic mass is 16.2. The van der Waals surface area contributed by atoms with E-state index in [0.717, 1.165) is 0 Å². The van der Waals surface area contributed by atoms with Crippen molar-refractivity contribution < 1.29 is 19.2 Å². The number of hydrogen-bond donors (Lipinski definition) is 0. The van der Waals surface area contributed by atoms with Crippen LogP contribution in [0.2, 0.25) is 0 Å². The van der Waals surface area contributed by atoms with Crippen LogP contribution in [0.4, 0.5) is 11.4 Å². The van der Waals surface area contributed by atoms with Gasteiger partial charge in [-0.3, -0.25) is 29.0 Å². The average Bonchev–Trinajstić information content (AvgIpc) is 2.66. The number of ketones is 2. The molecule has 0 spiro atoms. The number of anilines is 2. The van der Waals surface area contributed by atoms with Crippen LogP contribution in [0, 0.1) is 0 Å². The molecular weight excluding hydrogens is 332 g/mol. The number of para-hydroxylation sites is 2. The summed E-state index contributed by atoms with van der Waals surface area (Å²) < 4.78 is 0. The number of piperazine rings is 1. The maximum absolute atomic E-state index is 13.2. The zero-order valence-electron chi connectivity index (χ0n) is 13.7. The van der Waals surface area contributed by atoms with E-state index < -0.39 is 12.1 Å². The molecule has 128 valence electrons. The van der Waals surface area contributed by atoms with Crippen molar-refractivity contribution in [2.75, 3.05) is 9.80 Å². The van der Waals surface area contributed by atoms with Crippen molar-refractivity contribution in [3.05, 3.63) is 59.7 Å². The average molecular weight is 346 g/mol. The first kappa shape index (κ1) is 15.0. The Balaban J connectivity index is 1.68.